The zero-order valence-corrected chi connectivity index (χ0v) is 11.1. The zero-order valence-electron chi connectivity index (χ0n) is 11.1. The Morgan fingerprint density at radius 1 is 1.20 bits per heavy atom. The Kier molecular flexibility index (Phi) is 3.37. The van der Waals surface area contributed by atoms with E-state index < -0.39 is 0 Å². The van der Waals surface area contributed by atoms with E-state index in [2.05, 4.69) is 4.98 Å². The monoisotopic (exact) mass is 268 g/mol. The second kappa shape index (κ2) is 5.33. The molecule has 1 fully saturated rings. The highest BCUT2D eigenvalue weighted by Crippen LogP contribution is 2.28. The summed E-state index contributed by atoms with van der Waals surface area (Å²) in [7, 11) is 0. The van der Waals surface area contributed by atoms with E-state index in [9.17, 15) is 9.90 Å². The van der Waals surface area contributed by atoms with Gasteiger partial charge in [-0.2, -0.15) is 0 Å². The van der Waals surface area contributed by atoms with E-state index in [1.54, 1.807) is 18.3 Å². The zero-order chi connectivity index (χ0) is 13.9. The lowest BCUT2D eigenvalue weighted by atomic mass is 10.0. The Hall–Kier alpha value is -2.36. The standard InChI is InChI=1S/C16H16N2O2/c19-15-7-4-8-17-14(15)9-12-10-16(20)18(11-12)13-5-2-1-3-6-13/h1-8,12,19H,9-11H2/t12-/m1/s1. The van der Waals surface area contributed by atoms with Gasteiger partial charge in [-0.1, -0.05) is 18.2 Å². The summed E-state index contributed by atoms with van der Waals surface area (Å²) in [5, 5.41) is 9.76. The summed E-state index contributed by atoms with van der Waals surface area (Å²) in [5.41, 5.74) is 1.60. The Balaban J connectivity index is 1.73. The maximum Gasteiger partial charge on any atom is 0.227 e. The lowest BCUT2D eigenvalue weighted by Crippen LogP contribution is -2.24. The summed E-state index contributed by atoms with van der Waals surface area (Å²) in [6.07, 6.45) is 2.80. The van der Waals surface area contributed by atoms with Crippen molar-refractivity contribution in [2.24, 2.45) is 5.92 Å². The van der Waals surface area contributed by atoms with Crippen LogP contribution in [0.25, 0.3) is 0 Å². The lowest BCUT2D eigenvalue weighted by Gasteiger charge is -2.16. The van der Waals surface area contributed by atoms with E-state index in [0.717, 1.165) is 5.69 Å². The van der Waals surface area contributed by atoms with Crippen LogP contribution < -0.4 is 4.90 Å². The van der Waals surface area contributed by atoms with E-state index in [1.807, 2.05) is 35.2 Å². The number of carbonyl (C=O) groups excluding carboxylic acids is 1. The third-order valence-electron chi connectivity index (χ3n) is 3.62. The molecule has 20 heavy (non-hydrogen) atoms. The fourth-order valence-electron chi connectivity index (χ4n) is 2.64. The van der Waals surface area contributed by atoms with Crippen LogP contribution in [-0.4, -0.2) is 22.5 Å². The fraction of sp³-hybridized carbons (Fsp3) is 0.250. The molecule has 0 unspecified atom stereocenters. The van der Waals surface area contributed by atoms with Gasteiger partial charge in [-0.3, -0.25) is 9.78 Å². The number of rotatable bonds is 3. The molecular weight excluding hydrogens is 252 g/mol. The average molecular weight is 268 g/mol. The van der Waals surface area contributed by atoms with Crippen molar-refractivity contribution in [3.63, 3.8) is 0 Å². The first-order valence-corrected chi connectivity index (χ1v) is 6.72. The summed E-state index contributed by atoms with van der Waals surface area (Å²) >= 11 is 0. The molecule has 4 nitrogen and oxygen atoms in total. The predicted molar refractivity (Wildman–Crippen MR) is 76.5 cm³/mol. The summed E-state index contributed by atoms with van der Waals surface area (Å²) in [6.45, 7) is 0.679. The van der Waals surface area contributed by atoms with Crippen LogP contribution in [0.1, 0.15) is 12.1 Å². The van der Waals surface area contributed by atoms with E-state index in [4.69, 9.17) is 0 Å². The van der Waals surface area contributed by atoms with E-state index in [0.29, 0.717) is 25.1 Å². The number of hydrogen-bond acceptors (Lipinski definition) is 3. The molecule has 1 N–H and O–H groups in total. The third-order valence-corrected chi connectivity index (χ3v) is 3.62. The van der Waals surface area contributed by atoms with Crippen LogP contribution in [0.15, 0.2) is 48.7 Å². The van der Waals surface area contributed by atoms with Gasteiger partial charge in [0.05, 0.1) is 5.69 Å². The van der Waals surface area contributed by atoms with Gasteiger partial charge in [0.25, 0.3) is 0 Å². The van der Waals surface area contributed by atoms with Crippen LogP contribution in [-0.2, 0) is 11.2 Å². The highest BCUT2D eigenvalue weighted by atomic mass is 16.3. The minimum Gasteiger partial charge on any atom is -0.506 e. The number of anilines is 1. The molecule has 3 rings (SSSR count). The SMILES string of the molecule is O=C1C[C@@H](Cc2ncccc2O)CN1c1ccccc1. The van der Waals surface area contributed by atoms with Crippen molar-refractivity contribution in [1.29, 1.82) is 0 Å². The number of benzene rings is 1. The maximum atomic E-state index is 12.1. The summed E-state index contributed by atoms with van der Waals surface area (Å²) in [4.78, 5) is 18.1. The van der Waals surface area contributed by atoms with E-state index in [1.165, 1.54) is 0 Å². The fourth-order valence-corrected chi connectivity index (χ4v) is 2.64. The Morgan fingerprint density at radius 2 is 2.00 bits per heavy atom. The minimum absolute atomic E-state index is 0.136. The molecular formula is C16H16N2O2. The number of aromatic hydroxyl groups is 1. The van der Waals surface area contributed by atoms with Crippen molar-refractivity contribution < 1.29 is 9.90 Å². The molecule has 1 aromatic heterocycles. The molecule has 1 aliphatic heterocycles. The molecule has 2 aromatic rings. The van der Waals surface area contributed by atoms with Gasteiger partial charge in [0.15, 0.2) is 0 Å². The number of para-hydroxylation sites is 1. The number of carbonyl (C=O) groups is 1. The molecule has 0 saturated carbocycles. The lowest BCUT2D eigenvalue weighted by molar-refractivity contribution is -0.117. The first-order valence-electron chi connectivity index (χ1n) is 6.72. The summed E-state index contributed by atoms with van der Waals surface area (Å²) in [5.74, 6) is 0.540. The van der Waals surface area contributed by atoms with E-state index >= 15 is 0 Å². The minimum atomic E-state index is 0.136. The van der Waals surface area contributed by atoms with Crippen LogP contribution in [0.2, 0.25) is 0 Å². The normalized spacial score (nSPS) is 18.5. The van der Waals surface area contributed by atoms with Crippen molar-refractivity contribution >= 4 is 11.6 Å². The molecule has 0 radical (unpaired) electrons. The Bertz CT molecular complexity index is 613. The quantitative estimate of drug-likeness (QED) is 0.930. The van der Waals surface area contributed by atoms with Gasteiger partial charge in [0, 0.05) is 24.8 Å². The number of pyridine rings is 1. The summed E-state index contributed by atoms with van der Waals surface area (Å²) in [6, 6.07) is 13.0. The first kappa shape index (κ1) is 12.7. The summed E-state index contributed by atoms with van der Waals surface area (Å²) < 4.78 is 0. The Labute approximate surface area is 117 Å². The molecule has 1 aliphatic rings. The molecule has 1 amide bonds. The van der Waals surface area contributed by atoms with Crippen LogP contribution in [0.4, 0.5) is 5.69 Å². The van der Waals surface area contributed by atoms with Gasteiger partial charge in [-0.05, 0) is 36.6 Å². The molecule has 1 saturated heterocycles. The third kappa shape index (κ3) is 2.50. The maximum absolute atomic E-state index is 12.1. The van der Waals surface area contributed by atoms with Crippen molar-refractivity contribution in [1.82, 2.24) is 4.98 Å². The first-order chi connectivity index (χ1) is 9.74. The van der Waals surface area contributed by atoms with Gasteiger partial charge in [0.2, 0.25) is 5.91 Å². The van der Waals surface area contributed by atoms with Crippen LogP contribution in [0.3, 0.4) is 0 Å². The molecule has 2 heterocycles. The molecule has 1 aromatic carbocycles. The smallest absolute Gasteiger partial charge is 0.227 e. The molecule has 0 bridgehead atoms. The van der Waals surface area contributed by atoms with Gasteiger partial charge < -0.3 is 10.0 Å². The van der Waals surface area contributed by atoms with E-state index in [-0.39, 0.29) is 17.6 Å². The average Bonchev–Trinajstić information content (AvgIpc) is 2.83. The van der Waals surface area contributed by atoms with Crippen molar-refractivity contribution in [3.05, 3.63) is 54.4 Å². The van der Waals surface area contributed by atoms with Crippen molar-refractivity contribution in [2.75, 3.05) is 11.4 Å². The van der Waals surface area contributed by atoms with Gasteiger partial charge >= 0.3 is 0 Å². The highest BCUT2D eigenvalue weighted by molar-refractivity contribution is 5.95. The molecule has 0 spiro atoms. The second-order valence-corrected chi connectivity index (χ2v) is 5.08. The highest BCUT2D eigenvalue weighted by Gasteiger charge is 2.31. The Morgan fingerprint density at radius 3 is 2.75 bits per heavy atom. The van der Waals surface area contributed by atoms with Crippen molar-refractivity contribution in [3.8, 4) is 5.75 Å². The number of amides is 1. The van der Waals surface area contributed by atoms with Gasteiger partial charge in [-0.25, -0.2) is 0 Å². The number of aromatic nitrogens is 1. The second-order valence-electron chi connectivity index (χ2n) is 5.08. The molecule has 0 aliphatic carbocycles. The predicted octanol–water partition coefficient (Wildman–Crippen LogP) is 2.38. The van der Waals surface area contributed by atoms with Gasteiger partial charge in [0.1, 0.15) is 5.75 Å². The van der Waals surface area contributed by atoms with Crippen molar-refractivity contribution in [2.45, 2.75) is 12.8 Å². The van der Waals surface area contributed by atoms with Crippen LogP contribution in [0.5, 0.6) is 5.75 Å². The molecule has 4 heteroatoms. The largest absolute Gasteiger partial charge is 0.506 e. The number of hydrogen-bond donors (Lipinski definition) is 1. The van der Waals surface area contributed by atoms with Crippen LogP contribution in [0, 0.1) is 5.92 Å². The van der Waals surface area contributed by atoms with Gasteiger partial charge in [-0.15, -0.1) is 0 Å². The molecule has 102 valence electrons. The number of nitrogens with zero attached hydrogens (tertiary/aromatic N) is 2. The molecule has 1 atom stereocenters. The topological polar surface area (TPSA) is 53.4 Å². The van der Waals surface area contributed by atoms with Crippen LogP contribution >= 0.6 is 0 Å².